The number of hydrogen-bond acceptors (Lipinski definition) is 2. The minimum Gasteiger partial charge on any atom is -0.496 e. The zero-order valence-electron chi connectivity index (χ0n) is 8.59. The van der Waals surface area contributed by atoms with Gasteiger partial charge in [-0.1, -0.05) is 19.4 Å². The maximum absolute atomic E-state index is 13.5. The van der Waals surface area contributed by atoms with Crippen LogP contribution in [0, 0.1) is 5.82 Å². The van der Waals surface area contributed by atoms with Crippen LogP contribution in [0.25, 0.3) is 0 Å². The van der Waals surface area contributed by atoms with Crippen molar-refractivity contribution in [2.45, 2.75) is 25.8 Å². The fourth-order valence-corrected chi connectivity index (χ4v) is 1.51. The van der Waals surface area contributed by atoms with Gasteiger partial charge in [0, 0.05) is 11.6 Å². The monoisotopic (exact) mass is 197 g/mol. The molecule has 0 heterocycles. The van der Waals surface area contributed by atoms with Crippen molar-refractivity contribution in [3.05, 3.63) is 29.6 Å². The maximum Gasteiger partial charge on any atom is 0.131 e. The number of rotatable bonds is 4. The highest BCUT2D eigenvalue weighted by atomic mass is 19.1. The molecule has 0 saturated carbocycles. The summed E-state index contributed by atoms with van der Waals surface area (Å²) in [6.45, 7) is 2.02. The Morgan fingerprint density at radius 1 is 1.50 bits per heavy atom. The van der Waals surface area contributed by atoms with E-state index in [1.54, 1.807) is 12.1 Å². The van der Waals surface area contributed by atoms with Crippen LogP contribution in [0.1, 0.15) is 31.4 Å². The number of halogens is 1. The molecule has 0 fully saturated rings. The Bertz CT molecular complexity index is 301. The van der Waals surface area contributed by atoms with E-state index in [1.807, 2.05) is 6.92 Å². The number of methoxy groups -OCH3 is 1. The Labute approximate surface area is 83.9 Å². The third-order valence-electron chi connectivity index (χ3n) is 2.20. The van der Waals surface area contributed by atoms with Crippen molar-refractivity contribution < 1.29 is 9.13 Å². The quantitative estimate of drug-likeness (QED) is 0.805. The summed E-state index contributed by atoms with van der Waals surface area (Å²) in [6.07, 6.45) is 1.69. The fraction of sp³-hybridized carbons (Fsp3) is 0.455. The number of benzene rings is 1. The molecule has 2 nitrogen and oxygen atoms in total. The van der Waals surface area contributed by atoms with Gasteiger partial charge < -0.3 is 10.5 Å². The highest BCUT2D eigenvalue weighted by Gasteiger charge is 2.15. The molecule has 1 aromatic carbocycles. The summed E-state index contributed by atoms with van der Waals surface area (Å²) in [5.41, 5.74) is 6.35. The average Bonchev–Trinajstić information content (AvgIpc) is 2.17. The van der Waals surface area contributed by atoms with Crippen molar-refractivity contribution in [1.82, 2.24) is 0 Å². The molecule has 0 aromatic heterocycles. The van der Waals surface area contributed by atoms with Gasteiger partial charge in [-0.2, -0.15) is 0 Å². The lowest BCUT2D eigenvalue weighted by atomic mass is 10.0. The standard InChI is InChI=1S/C11H16FNO/c1-3-5-9(13)11-8(12)6-4-7-10(11)14-2/h4,6-7,9H,3,5,13H2,1-2H3/t9-/m1/s1. The normalized spacial score (nSPS) is 12.6. The molecule has 78 valence electrons. The Balaban J connectivity index is 3.03. The molecular formula is C11H16FNO. The smallest absolute Gasteiger partial charge is 0.131 e. The van der Waals surface area contributed by atoms with Gasteiger partial charge in [0.2, 0.25) is 0 Å². The minimum absolute atomic E-state index is 0.281. The summed E-state index contributed by atoms with van der Waals surface area (Å²) in [5, 5.41) is 0. The molecule has 0 spiro atoms. The van der Waals surface area contributed by atoms with Crippen molar-refractivity contribution in [3.8, 4) is 5.75 Å². The summed E-state index contributed by atoms with van der Waals surface area (Å²) in [5.74, 6) is 0.247. The fourth-order valence-electron chi connectivity index (χ4n) is 1.51. The molecule has 0 bridgehead atoms. The first kappa shape index (κ1) is 11.0. The molecular weight excluding hydrogens is 181 g/mol. The lowest BCUT2D eigenvalue weighted by molar-refractivity contribution is 0.397. The van der Waals surface area contributed by atoms with E-state index in [0.717, 1.165) is 12.8 Å². The summed E-state index contributed by atoms with van der Waals surface area (Å²) >= 11 is 0. The van der Waals surface area contributed by atoms with E-state index < -0.39 is 0 Å². The first-order chi connectivity index (χ1) is 6.70. The second-order valence-electron chi connectivity index (χ2n) is 3.25. The van der Waals surface area contributed by atoms with Crippen LogP contribution in [0.15, 0.2) is 18.2 Å². The van der Waals surface area contributed by atoms with E-state index in [-0.39, 0.29) is 11.9 Å². The molecule has 1 aromatic rings. The van der Waals surface area contributed by atoms with Gasteiger partial charge in [-0.25, -0.2) is 4.39 Å². The highest BCUT2D eigenvalue weighted by molar-refractivity contribution is 5.36. The van der Waals surface area contributed by atoms with Gasteiger partial charge in [0.15, 0.2) is 0 Å². The van der Waals surface area contributed by atoms with Gasteiger partial charge in [0.25, 0.3) is 0 Å². The summed E-state index contributed by atoms with van der Waals surface area (Å²) in [6, 6.07) is 4.48. The van der Waals surface area contributed by atoms with Crippen LogP contribution in [0.4, 0.5) is 4.39 Å². The third-order valence-corrected chi connectivity index (χ3v) is 2.20. The zero-order chi connectivity index (χ0) is 10.6. The number of ether oxygens (including phenoxy) is 1. The van der Waals surface area contributed by atoms with Crippen LogP contribution in [0.3, 0.4) is 0 Å². The Kier molecular flexibility index (Phi) is 3.89. The van der Waals surface area contributed by atoms with Crippen LogP contribution in [-0.2, 0) is 0 Å². The lowest BCUT2D eigenvalue weighted by Gasteiger charge is -2.15. The van der Waals surface area contributed by atoms with Gasteiger partial charge >= 0.3 is 0 Å². The Hall–Kier alpha value is -1.09. The molecule has 3 heteroatoms. The first-order valence-electron chi connectivity index (χ1n) is 4.78. The van der Waals surface area contributed by atoms with E-state index in [4.69, 9.17) is 10.5 Å². The van der Waals surface area contributed by atoms with Crippen molar-refractivity contribution in [2.75, 3.05) is 7.11 Å². The van der Waals surface area contributed by atoms with Crippen molar-refractivity contribution in [3.63, 3.8) is 0 Å². The lowest BCUT2D eigenvalue weighted by Crippen LogP contribution is -2.13. The van der Waals surface area contributed by atoms with E-state index in [1.165, 1.54) is 13.2 Å². The molecule has 0 aliphatic carbocycles. The minimum atomic E-state index is -0.287. The maximum atomic E-state index is 13.5. The topological polar surface area (TPSA) is 35.2 Å². The summed E-state index contributed by atoms with van der Waals surface area (Å²) < 4.78 is 18.5. The predicted molar refractivity (Wildman–Crippen MR) is 54.8 cm³/mol. The van der Waals surface area contributed by atoms with E-state index in [2.05, 4.69) is 0 Å². The van der Waals surface area contributed by atoms with Crippen molar-refractivity contribution in [2.24, 2.45) is 5.73 Å². The number of nitrogens with two attached hydrogens (primary N) is 1. The van der Waals surface area contributed by atoms with Gasteiger partial charge in [-0.3, -0.25) is 0 Å². The molecule has 0 radical (unpaired) electrons. The van der Waals surface area contributed by atoms with Crippen LogP contribution < -0.4 is 10.5 Å². The van der Waals surface area contributed by atoms with E-state index >= 15 is 0 Å². The van der Waals surface area contributed by atoms with Crippen LogP contribution in [0.5, 0.6) is 5.75 Å². The van der Waals surface area contributed by atoms with Gasteiger partial charge in [-0.15, -0.1) is 0 Å². The molecule has 1 rings (SSSR count). The second-order valence-corrected chi connectivity index (χ2v) is 3.25. The molecule has 0 unspecified atom stereocenters. The van der Waals surface area contributed by atoms with Gasteiger partial charge in [0.1, 0.15) is 11.6 Å². The summed E-state index contributed by atoms with van der Waals surface area (Å²) in [4.78, 5) is 0. The van der Waals surface area contributed by atoms with Crippen LogP contribution in [0.2, 0.25) is 0 Å². The average molecular weight is 197 g/mol. The second kappa shape index (κ2) is 4.96. The Morgan fingerprint density at radius 3 is 2.79 bits per heavy atom. The van der Waals surface area contributed by atoms with Crippen LogP contribution >= 0.6 is 0 Å². The Morgan fingerprint density at radius 2 is 2.21 bits per heavy atom. The van der Waals surface area contributed by atoms with Crippen molar-refractivity contribution >= 4 is 0 Å². The summed E-state index contributed by atoms with van der Waals surface area (Å²) in [7, 11) is 1.52. The predicted octanol–water partition coefficient (Wildman–Crippen LogP) is 2.63. The molecule has 0 aliphatic heterocycles. The van der Waals surface area contributed by atoms with E-state index in [9.17, 15) is 4.39 Å². The first-order valence-corrected chi connectivity index (χ1v) is 4.78. The largest absolute Gasteiger partial charge is 0.496 e. The van der Waals surface area contributed by atoms with Gasteiger partial charge in [0.05, 0.1) is 7.11 Å². The highest BCUT2D eigenvalue weighted by Crippen LogP contribution is 2.28. The molecule has 14 heavy (non-hydrogen) atoms. The van der Waals surface area contributed by atoms with E-state index in [0.29, 0.717) is 11.3 Å². The van der Waals surface area contributed by atoms with Crippen LogP contribution in [-0.4, -0.2) is 7.11 Å². The molecule has 0 saturated heterocycles. The zero-order valence-corrected chi connectivity index (χ0v) is 8.59. The molecule has 1 atom stereocenters. The molecule has 0 amide bonds. The van der Waals surface area contributed by atoms with Crippen molar-refractivity contribution in [1.29, 1.82) is 0 Å². The number of hydrogen-bond donors (Lipinski definition) is 1. The molecule has 2 N–H and O–H groups in total. The molecule has 0 aliphatic rings. The SMILES string of the molecule is CCC[C@@H](N)c1c(F)cccc1OC. The van der Waals surface area contributed by atoms with Gasteiger partial charge in [-0.05, 0) is 18.6 Å². The third kappa shape index (κ3) is 2.23.